The second-order valence-electron chi connectivity index (χ2n) is 8.73. The van der Waals surface area contributed by atoms with Gasteiger partial charge in [0.25, 0.3) is 0 Å². The van der Waals surface area contributed by atoms with Crippen molar-refractivity contribution in [3.63, 3.8) is 0 Å². The number of nitrogens with one attached hydrogen (secondary N) is 2. The van der Waals surface area contributed by atoms with Gasteiger partial charge in [0.1, 0.15) is 6.04 Å². The highest BCUT2D eigenvalue weighted by Gasteiger charge is 2.61. The molecule has 3 heterocycles. The number of anilines is 1. The average Bonchev–Trinajstić information content (AvgIpc) is 3.42. The Labute approximate surface area is 163 Å². The highest BCUT2D eigenvalue weighted by atomic mass is 16.3. The summed E-state index contributed by atoms with van der Waals surface area (Å²) in [5.41, 5.74) is 1.59. The fourth-order valence-electron chi connectivity index (χ4n) is 5.04. The van der Waals surface area contributed by atoms with Crippen LogP contribution in [-0.2, 0) is 26.2 Å². The molecule has 1 unspecified atom stereocenters. The average molecular weight is 383 g/mol. The number of hydrogen-bond donors (Lipinski definition) is 3. The SMILES string of the molecule is O=C1CCC(N2C(=O)C3(CC3)c3cc(CC4(O)CCNCC4)ccc32)C(=O)N1. The third kappa shape index (κ3) is 2.68. The molecular weight excluding hydrogens is 358 g/mol. The predicted molar refractivity (Wildman–Crippen MR) is 102 cm³/mol. The predicted octanol–water partition coefficient (Wildman–Crippen LogP) is 0.527. The van der Waals surface area contributed by atoms with Crippen LogP contribution in [0.25, 0.3) is 0 Å². The second-order valence-corrected chi connectivity index (χ2v) is 8.73. The number of carbonyl (C=O) groups excluding carboxylic acids is 3. The van der Waals surface area contributed by atoms with Crippen LogP contribution in [0.5, 0.6) is 0 Å². The zero-order valence-electron chi connectivity index (χ0n) is 15.8. The van der Waals surface area contributed by atoms with Gasteiger partial charge in [0.05, 0.1) is 11.0 Å². The summed E-state index contributed by atoms with van der Waals surface area (Å²) < 4.78 is 0. The fraction of sp³-hybridized carbons (Fsp3) is 0.571. The van der Waals surface area contributed by atoms with E-state index in [0.29, 0.717) is 12.8 Å². The van der Waals surface area contributed by atoms with E-state index in [-0.39, 0.29) is 24.1 Å². The lowest BCUT2D eigenvalue weighted by Gasteiger charge is -2.33. The molecular formula is C21H25N3O4. The number of piperidine rings is 2. The van der Waals surface area contributed by atoms with Gasteiger partial charge in [-0.15, -0.1) is 0 Å². The third-order valence-electron chi connectivity index (χ3n) is 6.80. The molecule has 1 saturated carbocycles. The lowest BCUT2D eigenvalue weighted by Crippen LogP contribution is -2.54. The second kappa shape index (κ2) is 6.12. The minimum absolute atomic E-state index is 0.0188. The van der Waals surface area contributed by atoms with Gasteiger partial charge in [0.2, 0.25) is 17.7 Å². The molecule has 3 N–H and O–H groups in total. The van der Waals surface area contributed by atoms with E-state index in [2.05, 4.69) is 16.7 Å². The van der Waals surface area contributed by atoms with E-state index in [1.807, 2.05) is 12.1 Å². The molecule has 1 aromatic carbocycles. The van der Waals surface area contributed by atoms with Crippen molar-refractivity contribution in [3.05, 3.63) is 29.3 Å². The minimum atomic E-state index is -0.706. The summed E-state index contributed by atoms with van der Waals surface area (Å²) in [5, 5.41) is 16.5. The maximum absolute atomic E-state index is 13.2. The van der Waals surface area contributed by atoms with Crippen LogP contribution >= 0.6 is 0 Å². The molecule has 3 aliphatic heterocycles. The Hall–Kier alpha value is -2.25. The largest absolute Gasteiger partial charge is 0.389 e. The Morgan fingerprint density at radius 1 is 1.11 bits per heavy atom. The zero-order valence-corrected chi connectivity index (χ0v) is 15.8. The fourth-order valence-corrected chi connectivity index (χ4v) is 5.04. The van der Waals surface area contributed by atoms with Crippen molar-refractivity contribution >= 4 is 23.4 Å². The molecule has 0 aromatic heterocycles. The Balaban J connectivity index is 1.47. The van der Waals surface area contributed by atoms with E-state index >= 15 is 0 Å². The van der Waals surface area contributed by atoms with Crippen LogP contribution in [0.3, 0.4) is 0 Å². The van der Waals surface area contributed by atoms with E-state index in [1.54, 1.807) is 4.90 Å². The van der Waals surface area contributed by atoms with Crippen molar-refractivity contribution in [1.29, 1.82) is 0 Å². The highest BCUT2D eigenvalue weighted by molar-refractivity contribution is 6.15. The maximum atomic E-state index is 13.2. The van der Waals surface area contributed by atoms with Crippen LogP contribution in [0.4, 0.5) is 5.69 Å². The molecule has 1 aliphatic carbocycles. The first-order valence-corrected chi connectivity index (χ1v) is 10.2. The lowest BCUT2D eigenvalue weighted by atomic mass is 9.84. The van der Waals surface area contributed by atoms with Crippen molar-refractivity contribution in [2.75, 3.05) is 18.0 Å². The van der Waals surface area contributed by atoms with Crippen molar-refractivity contribution < 1.29 is 19.5 Å². The molecule has 7 heteroatoms. The number of fused-ring (bicyclic) bond motifs is 2. The number of benzene rings is 1. The van der Waals surface area contributed by atoms with Crippen LogP contribution in [0.15, 0.2) is 18.2 Å². The van der Waals surface area contributed by atoms with Gasteiger partial charge in [0.15, 0.2) is 0 Å². The van der Waals surface area contributed by atoms with E-state index < -0.39 is 17.1 Å². The Bertz CT molecular complexity index is 870. The van der Waals surface area contributed by atoms with E-state index in [9.17, 15) is 19.5 Å². The van der Waals surface area contributed by atoms with Crippen LogP contribution < -0.4 is 15.5 Å². The molecule has 3 fully saturated rings. The summed E-state index contributed by atoms with van der Waals surface area (Å²) in [6, 6.07) is 5.32. The smallest absolute Gasteiger partial charge is 0.249 e. The van der Waals surface area contributed by atoms with Gasteiger partial charge in [-0.3, -0.25) is 24.6 Å². The molecule has 148 valence electrons. The molecule has 1 spiro atoms. The summed E-state index contributed by atoms with van der Waals surface area (Å²) >= 11 is 0. The van der Waals surface area contributed by atoms with Crippen LogP contribution in [0, 0.1) is 0 Å². The molecule has 3 amide bonds. The molecule has 0 radical (unpaired) electrons. The first kappa shape index (κ1) is 17.8. The monoisotopic (exact) mass is 383 g/mol. The maximum Gasteiger partial charge on any atom is 0.249 e. The third-order valence-corrected chi connectivity index (χ3v) is 6.80. The minimum Gasteiger partial charge on any atom is -0.389 e. The molecule has 5 rings (SSSR count). The molecule has 0 bridgehead atoms. The summed E-state index contributed by atoms with van der Waals surface area (Å²) in [7, 11) is 0. The summed E-state index contributed by atoms with van der Waals surface area (Å²) in [5.74, 6) is -0.684. The number of imide groups is 1. The Morgan fingerprint density at radius 2 is 1.86 bits per heavy atom. The van der Waals surface area contributed by atoms with Crippen LogP contribution in [0.1, 0.15) is 49.7 Å². The van der Waals surface area contributed by atoms with Crippen molar-refractivity contribution in [3.8, 4) is 0 Å². The Kier molecular flexibility index (Phi) is 3.90. The van der Waals surface area contributed by atoms with Crippen LogP contribution in [0.2, 0.25) is 0 Å². The van der Waals surface area contributed by atoms with Gasteiger partial charge in [0, 0.05) is 18.5 Å². The quantitative estimate of drug-likeness (QED) is 0.662. The topological polar surface area (TPSA) is 98.7 Å². The number of rotatable bonds is 3. The number of carbonyl (C=O) groups is 3. The lowest BCUT2D eigenvalue weighted by molar-refractivity contribution is -0.135. The number of hydrogen-bond acceptors (Lipinski definition) is 5. The van der Waals surface area contributed by atoms with Crippen molar-refractivity contribution in [2.24, 2.45) is 0 Å². The van der Waals surface area contributed by atoms with Gasteiger partial charge >= 0.3 is 0 Å². The van der Waals surface area contributed by atoms with Gasteiger partial charge in [-0.2, -0.15) is 0 Å². The molecule has 2 saturated heterocycles. The molecule has 7 nitrogen and oxygen atoms in total. The van der Waals surface area contributed by atoms with E-state index in [1.165, 1.54) is 0 Å². The zero-order chi connectivity index (χ0) is 19.5. The van der Waals surface area contributed by atoms with Crippen LogP contribution in [-0.4, -0.2) is 47.6 Å². The molecule has 1 atom stereocenters. The van der Waals surface area contributed by atoms with Crippen molar-refractivity contribution in [1.82, 2.24) is 10.6 Å². The summed E-state index contributed by atoms with van der Waals surface area (Å²) in [6.07, 6.45) is 4.21. The van der Waals surface area contributed by atoms with Gasteiger partial charge in [-0.1, -0.05) is 12.1 Å². The standard InChI is InChI=1S/C21H25N3O4/c25-17-4-3-16(18(26)23-17)24-15-2-1-13(12-20(28)7-9-22-10-8-20)11-14(15)21(5-6-21)19(24)27/h1-2,11,16,22,28H,3-10,12H2,(H,23,25,26). The van der Waals surface area contributed by atoms with E-state index in [0.717, 1.165) is 55.6 Å². The molecule has 28 heavy (non-hydrogen) atoms. The number of nitrogens with zero attached hydrogens (tertiary/aromatic N) is 1. The molecule has 1 aromatic rings. The summed E-state index contributed by atoms with van der Waals surface area (Å²) in [4.78, 5) is 38.7. The first-order chi connectivity index (χ1) is 13.4. The van der Waals surface area contributed by atoms with E-state index in [4.69, 9.17) is 0 Å². The highest BCUT2D eigenvalue weighted by Crippen LogP contribution is 2.58. The van der Waals surface area contributed by atoms with Gasteiger partial charge in [-0.25, -0.2) is 0 Å². The Morgan fingerprint density at radius 3 is 2.54 bits per heavy atom. The normalized spacial score (nSPS) is 27.7. The van der Waals surface area contributed by atoms with Crippen molar-refractivity contribution in [2.45, 2.75) is 62.0 Å². The molecule has 4 aliphatic rings. The van der Waals surface area contributed by atoms with Gasteiger partial charge < -0.3 is 10.4 Å². The first-order valence-electron chi connectivity index (χ1n) is 10.2. The number of aliphatic hydroxyl groups is 1. The van der Waals surface area contributed by atoms with Gasteiger partial charge in [-0.05, 0) is 62.4 Å². The number of amides is 3. The summed E-state index contributed by atoms with van der Waals surface area (Å²) in [6.45, 7) is 1.63.